The molecule has 2 rings (SSSR count). The molecule has 100 valence electrons. The highest BCUT2D eigenvalue weighted by atomic mass is 16.5. The van der Waals surface area contributed by atoms with Crippen molar-refractivity contribution in [1.29, 1.82) is 0 Å². The van der Waals surface area contributed by atoms with Crippen LogP contribution in [0.5, 0.6) is 5.75 Å². The molecule has 2 aromatic rings. The Morgan fingerprint density at radius 1 is 1.11 bits per heavy atom. The van der Waals surface area contributed by atoms with Crippen molar-refractivity contribution in [3.05, 3.63) is 64.6 Å². The van der Waals surface area contributed by atoms with E-state index in [1.165, 1.54) is 0 Å². The summed E-state index contributed by atoms with van der Waals surface area (Å²) in [5.41, 5.74) is 0.907. The van der Waals surface area contributed by atoms with Crippen molar-refractivity contribution in [2.24, 2.45) is 0 Å². The van der Waals surface area contributed by atoms with Gasteiger partial charge in [0.05, 0.1) is 6.61 Å². The van der Waals surface area contributed by atoms with Gasteiger partial charge in [0.25, 0.3) is 5.56 Å². The molecule has 0 aliphatic heterocycles. The molecule has 1 aromatic carbocycles. The molecular weight excluding hydrogens is 242 g/mol. The molecule has 0 saturated carbocycles. The smallest absolute Gasteiger partial charge is 0.292 e. The van der Waals surface area contributed by atoms with Crippen LogP contribution in [-0.4, -0.2) is 18.3 Å². The van der Waals surface area contributed by atoms with Gasteiger partial charge in [0.1, 0.15) is 6.61 Å². The standard InChI is InChI=1S/C15H17NO3/c1-18-11-10-16-9-5-8-14(15(16)17)19-12-13-6-3-2-4-7-13/h2-9H,10-12H2,1H3. The van der Waals surface area contributed by atoms with Gasteiger partial charge in [-0.1, -0.05) is 30.3 Å². The number of hydrogen-bond donors (Lipinski definition) is 0. The molecule has 0 radical (unpaired) electrons. The first-order valence-corrected chi connectivity index (χ1v) is 6.16. The summed E-state index contributed by atoms with van der Waals surface area (Å²) in [4.78, 5) is 12.1. The lowest BCUT2D eigenvalue weighted by atomic mass is 10.2. The molecular formula is C15H17NO3. The maximum Gasteiger partial charge on any atom is 0.292 e. The second-order valence-corrected chi connectivity index (χ2v) is 4.14. The Kier molecular flexibility index (Phi) is 4.75. The number of methoxy groups -OCH3 is 1. The minimum Gasteiger partial charge on any atom is -0.483 e. The molecule has 0 bridgehead atoms. The van der Waals surface area contributed by atoms with Gasteiger partial charge in [0, 0.05) is 19.9 Å². The molecule has 4 nitrogen and oxygen atoms in total. The van der Waals surface area contributed by atoms with Crippen LogP contribution >= 0.6 is 0 Å². The first kappa shape index (κ1) is 13.4. The third-order valence-corrected chi connectivity index (χ3v) is 2.76. The third kappa shape index (κ3) is 3.69. The summed E-state index contributed by atoms with van der Waals surface area (Å²) in [6.45, 7) is 1.42. The number of aromatic nitrogens is 1. The van der Waals surface area contributed by atoms with Crippen LogP contribution in [0.3, 0.4) is 0 Å². The lowest BCUT2D eigenvalue weighted by molar-refractivity contribution is 0.185. The fourth-order valence-corrected chi connectivity index (χ4v) is 1.73. The zero-order valence-corrected chi connectivity index (χ0v) is 10.9. The first-order chi connectivity index (χ1) is 9.31. The van der Waals surface area contributed by atoms with E-state index in [-0.39, 0.29) is 5.56 Å². The van der Waals surface area contributed by atoms with Crippen LogP contribution in [0.25, 0.3) is 0 Å². The monoisotopic (exact) mass is 259 g/mol. The Morgan fingerprint density at radius 3 is 2.63 bits per heavy atom. The summed E-state index contributed by atoms with van der Waals surface area (Å²) in [6, 6.07) is 13.3. The predicted molar refractivity (Wildman–Crippen MR) is 73.4 cm³/mol. The highest BCUT2D eigenvalue weighted by molar-refractivity contribution is 5.19. The van der Waals surface area contributed by atoms with E-state index in [4.69, 9.17) is 9.47 Å². The van der Waals surface area contributed by atoms with Gasteiger partial charge in [0.15, 0.2) is 5.75 Å². The van der Waals surface area contributed by atoms with Crippen molar-refractivity contribution in [3.63, 3.8) is 0 Å². The summed E-state index contributed by atoms with van der Waals surface area (Å²) in [6.07, 6.45) is 1.73. The highest BCUT2D eigenvalue weighted by Gasteiger charge is 2.04. The van der Waals surface area contributed by atoms with Crippen LogP contribution in [-0.2, 0) is 17.9 Å². The number of rotatable bonds is 6. The molecule has 0 spiro atoms. The van der Waals surface area contributed by atoms with E-state index in [1.807, 2.05) is 30.3 Å². The molecule has 0 aliphatic carbocycles. The topological polar surface area (TPSA) is 40.5 Å². The van der Waals surface area contributed by atoms with Crippen molar-refractivity contribution in [1.82, 2.24) is 4.57 Å². The first-order valence-electron chi connectivity index (χ1n) is 6.16. The lowest BCUT2D eigenvalue weighted by Crippen LogP contribution is -2.22. The third-order valence-electron chi connectivity index (χ3n) is 2.76. The second kappa shape index (κ2) is 6.75. The number of pyridine rings is 1. The summed E-state index contributed by atoms with van der Waals surface area (Å²) in [7, 11) is 1.61. The molecule has 0 atom stereocenters. The van der Waals surface area contributed by atoms with Crippen molar-refractivity contribution >= 4 is 0 Å². The minimum absolute atomic E-state index is 0.129. The summed E-state index contributed by atoms with van der Waals surface area (Å²) in [5.74, 6) is 0.363. The molecule has 0 N–H and O–H groups in total. The number of benzene rings is 1. The van der Waals surface area contributed by atoms with Gasteiger partial charge in [-0.05, 0) is 17.7 Å². The van der Waals surface area contributed by atoms with E-state index in [2.05, 4.69) is 0 Å². The highest BCUT2D eigenvalue weighted by Crippen LogP contribution is 2.06. The van der Waals surface area contributed by atoms with Gasteiger partial charge in [-0.3, -0.25) is 4.79 Å². The van der Waals surface area contributed by atoms with E-state index in [1.54, 1.807) is 30.0 Å². The van der Waals surface area contributed by atoms with Crippen molar-refractivity contribution < 1.29 is 9.47 Å². The maximum absolute atomic E-state index is 12.1. The minimum atomic E-state index is -0.129. The molecule has 1 aromatic heterocycles. The van der Waals surface area contributed by atoms with Gasteiger partial charge in [-0.25, -0.2) is 0 Å². The predicted octanol–water partition coefficient (Wildman–Crippen LogP) is 2.07. The van der Waals surface area contributed by atoms with Gasteiger partial charge >= 0.3 is 0 Å². The Hall–Kier alpha value is -2.07. The summed E-state index contributed by atoms with van der Waals surface area (Å²) >= 11 is 0. The van der Waals surface area contributed by atoms with Crippen LogP contribution in [0.1, 0.15) is 5.56 Å². The van der Waals surface area contributed by atoms with E-state index < -0.39 is 0 Å². The van der Waals surface area contributed by atoms with Crippen molar-refractivity contribution in [2.45, 2.75) is 13.2 Å². The molecule has 0 fully saturated rings. The zero-order chi connectivity index (χ0) is 13.5. The van der Waals surface area contributed by atoms with Gasteiger partial charge in [0.2, 0.25) is 0 Å². The van der Waals surface area contributed by atoms with E-state index in [0.29, 0.717) is 25.5 Å². The second-order valence-electron chi connectivity index (χ2n) is 4.14. The van der Waals surface area contributed by atoms with Crippen molar-refractivity contribution in [3.8, 4) is 5.75 Å². The lowest BCUT2D eigenvalue weighted by Gasteiger charge is -2.09. The zero-order valence-electron chi connectivity index (χ0n) is 10.9. The number of hydrogen-bond acceptors (Lipinski definition) is 3. The molecule has 4 heteroatoms. The fourth-order valence-electron chi connectivity index (χ4n) is 1.73. The van der Waals surface area contributed by atoms with Gasteiger partial charge < -0.3 is 14.0 Å². The molecule has 19 heavy (non-hydrogen) atoms. The van der Waals surface area contributed by atoms with E-state index >= 15 is 0 Å². The average Bonchev–Trinajstić information content (AvgIpc) is 2.46. The number of nitrogens with zero attached hydrogens (tertiary/aromatic N) is 1. The van der Waals surface area contributed by atoms with Gasteiger partial charge in [-0.15, -0.1) is 0 Å². The normalized spacial score (nSPS) is 10.4. The largest absolute Gasteiger partial charge is 0.483 e. The van der Waals surface area contributed by atoms with Crippen LogP contribution < -0.4 is 10.3 Å². The van der Waals surface area contributed by atoms with E-state index in [9.17, 15) is 4.79 Å². The SMILES string of the molecule is COCCn1cccc(OCc2ccccc2)c1=O. The maximum atomic E-state index is 12.1. The Morgan fingerprint density at radius 2 is 1.89 bits per heavy atom. The van der Waals surface area contributed by atoms with E-state index in [0.717, 1.165) is 5.56 Å². The molecule has 1 heterocycles. The Balaban J connectivity index is 2.06. The van der Waals surface area contributed by atoms with Crippen molar-refractivity contribution in [2.75, 3.05) is 13.7 Å². The van der Waals surface area contributed by atoms with Crippen LogP contribution in [0, 0.1) is 0 Å². The summed E-state index contributed by atoms with van der Waals surface area (Å²) < 4.78 is 12.1. The Labute approximate surface area is 112 Å². The molecule has 0 saturated heterocycles. The Bertz CT molecular complexity index is 563. The quantitative estimate of drug-likeness (QED) is 0.797. The van der Waals surface area contributed by atoms with Gasteiger partial charge in [-0.2, -0.15) is 0 Å². The van der Waals surface area contributed by atoms with Crippen LogP contribution in [0.4, 0.5) is 0 Å². The van der Waals surface area contributed by atoms with Crippen LogP contribution in [0.15, 0.2) is 53.5 Å². The fraction of sp³-hybridized carbons (Fsp3) is 0.267. The molecule has 0 amide bonds. The average molecular weight is 259 g/mol. The molecule has 0 unspecified atom stereocenters. The molecule has 0 aliphatic rings. The van der Waals surface area contributed by atoms with Crippen LogP contribution in [0.2, 0.25) is 0 Å². The number of ether oxygens (including phenoxy) is 2. The summed E-state index contributed by atoms with van der Waals surface area (Å²) in [5, 5.41) is 0.